The molecule has 2 unspecified atom stereocenters. The van der Waals surface area contributed by atoms with Crippen LogP contribution < -0.4 is 16.4 Å². The van der Waals surface area contributed by atoms with Crippen molar-refractivity contribution in [2.75, 3.05) is 26.2 Å². The van der Waals surface area contributed by atoms with Crippen LogP contribution in [0.15, 0.2) is 72.9 Å². The van der Waals surface area contributed by atoms with Crippen molar-refractivity contribution in [3.8, 4) is 11.1 Å². The number of nitrogens with two attached hydrogens (primary N) is 1. The number of nitrogens with zero attached hydrogens (tertiary/aromatic N) is 3. The van der Waals surface area contributed by atoms with Gasteiger partial charge in [-0.05, 0) is 41.7 Å². The number of amides is 5. The molecule has 2 atom stereocenters. The summed E-state index contributed by atoms with van der Waals surface area (Å²) in [6.45, 7) is 11.5. The van der Waals surface area contributed by atoms with E-state index in [2.05, 4.69) is 10.6 Å². The summed E-state index contributed by atoms with van der Waals surface area (Å²) in [4.78, 5) is 72.8. The van der Waals surface area contributed by atoms with Crippen LogP contribution in [-0.4, -0.2) is 93.4 Å². The number of rotatable bonds is 14. The van der Waals surface area contributed by atoms with Crippen molar-refractivity contribution < 1.29 is 55.8 Å². The van der Waals surface area contributed by atoms with E-state index in [9.17, 15) is 45.9 Å². The molecule has 18 heteroatoms. The lowest BCUT2D eigenvalue weighted by Gasteiger charge is -2.41. The van der Waals surface area contributed by atoms with Gasteiger partial charge in [-0.2, -0.15) is 13.2 Å². The first-order chi connectivity index (χ1) is 27.1. The Morgan fingerprint density at radius 2 is 1.47 bits per heavy atom. The molecule has 1 aromatic heterocycles. The molecular formula is C40H49F5N6O7. The van der Waals surface area contributed by atoms with E-state index in [4.69, 9.17) is 15.6 Å². The lowest BCUT2D eigenvalue weighted by Crippen LogP contribution is -2.48. The van der Waals surface area contributed by atoms with Gasteiger partial charge in [0, 0.05) is 68.3 Å². The number of halogens is 5. The Balaban J connectivity index is 0.00000116. The normalized spacial score (nSPS) is 13.4. The highest BCUT2D eigenvalue weighted by molar-refractivity contribution is 6.14. The molecule has 5 N–H and O–H groups in total. The summed E-state index contributed by atoms with van der Waals surface area (Å²) in [7, 11) is 0. The third-order valence-electron chi connectivity index (χ3n) is 8.39. The summed E-state index contributed by atoms with van der Waals surface area (Å²) in [6.07, 6.45) is -1.04. The van der Waals surface area contributed by atoms with E-state index >= 15 is 0 Å². The highest BCUT2D eigenvalue weighted by atomic mass is 19.4. The first-order valence-electron chi connectivity index (χ1n) is 18.2. The fourth-order valence-corrected chi connectivity index (χ4v) is 5.79. The van der Waals surface area contributed by atoms with Gasteiger partial charge in [0.1, 0.15) is 18.2 Å². The fraction of sp³-hybridized carbons (Fsp3) is 0.400. The third-order valence-corrected chi connectivity index (χ3v) is 8.39. The summed E-state index contributed by atoms with van der Waals surface area (Å²) in [5.41, 5.74) is 7.91. The number of benzene rings is 2. The van der Waals surface area contributed by atoms with Crippen molar-refractivity contribution in [2.24, 2.45) is 11.1 Å². The van der Waals surface area contributed by atoms with Gasteiger partial charge in [-0.15, -0.1) is 0 Å². The second kappa shape index (κ2) is 21.6. The monoisotopic (exact) mass is 820 g/mol. The Hall–Kier alpha value is -5.91. The van der Waals surface area contributed by atoms with Crippen LogP contribution in [-0.2, 0) is 35.3 Å². The minimum absolute atomic E-state index is 0.0409. The number of carboxylic acids is 1. The molecule has 0 saturated heterocycles. The number of carbonyl (C=O) groups is 6. The molecule has 1 aliphatic rings. The van der Waals surface area contributed by atoms with Gasteiger partial charge in [-0.3, -0.25) is 28.9 Å². The van der Waals surface area contributed by atoms with Crippen molar-refractivity contribution in [1.82, 2.24) is 25.0 Å². The predicted molar refractivity (Wildman–Crippen MR) is 204 cm³/mol. The number of aliphatic carboxylic acids is 1. The topological polar surface area (TPSA) is 184 Å². The van der Waals surface area contributed by atoms with Crippen LogP contribution in [0, 0.1) is 17.0 Å². The Bertz CT molecular complexity index is 1930. The molecule has 58 heavy (non-hydrogen) atoms. The van der Waals surface area contributed by atoms with E-state index in [1.807, 2.05) is 69.5 Å². The average Bonchev–Trinajstić information content (AvgIpc) is 3.70. The molecule has 316 valence electrons. The van der Waals surface area contributed by atoms with Crippen LogP contribution in [0.2, 0.25) is 0 Å². The van der Waals surface area contributed by atoms with Gasteiger partial charge in [0.05, 0.1) is 12.1 Å². The number of hydrogen-bond acceptors (Lipinski definition) is 7. The van der Waals surface area contributed by atoms with Gasteiger partial charge < -0.3 is 30.9 Å². The molecule has 0 bridgehead atoms. The molecular weight excluding hydrogens is 771 g/mol. The van der Waals surface area contributed by atoms with Gasteiger partial charge in [0.25, 0.3) is 11.8 Å². The summed E-state index contributed by atoms with van der Waals surface area (Å²) in [5.74, 6) is -6.36. The Morgan fingerprint density at radius 1 is 0.897 bits per heavy atom. The first-order valence-corrected chi connectivity index (χ1v) is 18.2. The van der Waals surface area contributed by atoms with Crippen molar-refractivity contribution in [1.29, 1.82) is 0 Å². The number of carboxylic acid groups (broad SMARTS) is 1. The second-order valence-corrected chi connectivity index (χ2v) is 13.8. The van der Waals surface area contributed by atoms with E-state index in [0.29, 0.717) is 17.8 Å². The van der Waals surface area contributed by atoms with Crippen LogP contribution >= 0.6 is 0 Å². The highest BCUT2D eigenvalue weighted by Gasteiger charge is 2.38. The summed E-state index contributed by atoms with van der Waals surface area (Å²) >= 11 is 0. The maximum absolute atomic E-state index is 14.9. The lowest BCUT2D eigenvalue weighted by atomic mass is 9.82. The highest BCUT2D eigenvalue weighted by Crippen LogP contribution is 2.41. The van der Waals surface area contributed by atoms with Crippen LogP contribution in [0.3, 0.4) is 0 Å². The van der Waals surface area contributed by atoms with Crippen molar-refractivity contribution >= 4 is 35.5 Å². The van der Waals surface area contributed by atoms with Crippen LogP contribution in [0.5, 0.6) is 0 Å². The number of imide groups is 1. The minimum atomic E-state index is -5.08. The smallest absolute Gasteiger partial charge is 0.475 e. The minimum Gasteiger partial charge on any atom is -0.475 e. The summed E-state index contributed by atoms with van der Waals surface area (Å²) in [6, 6.07) is 13.2. The third kappa shape index (κ3) is 14.2. The fourth-order valence-electron chi connectivity index (χ4n) is 5.79. The van der Waals surface area contributed by atoms with Gasteiger partial charge in [0.2, 0.25) is 17.7 Å². The summed E-state index contributed by atoms with van der Waals surface area (Å²) < 4.78 is 62.9. The molecule has 5 amide bonds. The number of carbonyl (C=O) groups excluding carboxylic acids is 5. The van der Waals surface area contributed by atoms with Crippen molar-refractivity contribution in [3.05, 3.63) is 95.8 Å². The zero-order valence-corrected chi connectivity index (χ0v) is 33.0. The first kappa shape index (κ1) is 48.2. The molecule has 2 aromatic carbocycles. The van der Waals surface area contributed by atoms with E-state index in [-0.39, 0.29) is 37.5 Å². The van der Waals surface area contributed by atoms with Gasteiger partial charge in [-0.1, -0.05) is 65.0 Å². The van der Waals surface area contributed by atoms with E-state index in [1.165, 1.54) is 6.92 Å². The Kier molecular flexibility index (Phi) is 17.9. The molecule has 0 fully saturated rings. The molecule has 1 aliphatic heterocycles. The molecule has 0 radical (unpaired) electrons. The van der Waals surface area contributed by atoms with Crippen LogP contribution in [0.1, 0.15) is 65.3 Å². The SMILES string of the molecule is CC.CC(=O)N(CCC(N)C(=O)NCCNC(=O)CN1C(=O)C=CC1=O)C(c1cc(-c2cc(F)ccc2F)cn1Cc1ccccc1)C(C)(C)C.O=C(O)C(F)(F)F. The molecule has 0 aliphatic carbocycles. The molecule has 0 saturated carbocycles. The molecule has 0 spiro atoms. The predicted octanol–water partition coefficient (Wildman–Crippen LogP) is 4.95. The van der Waals surface area contributed by atoms with Crippen LogP contribution in [0.25, 0.3) is 11.1 Å². The zero-order valence-electron chi connectivity index (χ0n) is 33.0. The maximum atomic E-state index is 14.9. The number of nitrogens with one attached hydrogen (secondary N) is 2. The quantitative estimate of drug-likeness (QED) is 0.100. The standard InChI is InChI=1S/C36H42F2N6O5.C2HF3O2.C2H6/c1-23(45)43(17-14-29(39)35(49)41-16-15-40-31(46)22-44-32(47)12-13-33(44)48)34(36(2,3)4)30-18-25(27-19-26(37)10-11-28(27)38)21-42(30)20-24-8-6-5-7-9-24;3-2(4,5)1(6)7;1-2/h5-13,18-19,21,29,34H,14-17,20,22,39H2,1-4H3,(H,40,46)(H,41,49);(H,6,7);1-2H3. The van der Waals surface area contributed by atoms with E-state index in [0.717, 1.165) is 40.8 Å². The van der Waals surface area contributed by atoms with E-state index in [1.54, 1.807) is 17.2 Å². The van der Waals surface area contributed by atoms with Gasteiger partial charge in [-0.25, -0.2) is 13.6 Å². The number of alkyl halides is 3. The summed E-state index contributed by atoms with van der Waals surface area (Å²) in [5, 5.41) is 12.3. The molecule has 13 nitrogen and oxygen atoms in total. The lowest BCUT2D eigenvalue weighted by molar-refractivity contribution is -0.192. The average molecular weight is 821 g/mol. The van der Waals surface area contributed by atoms with Crippen LogP contribution in [0.4, 0.5) is 22.0 Å². The molecule has 2 heterocycles. The second-order valence-electron chi connectivity index (χ2n) is 13.8. The van der Waals surface area contributed by atoms with Crippen molar-refractivity contribution in [3.63, 3.8) is 0 Å². The Labute approximate surface area is 333 Å². The zero-order chi connectivity index (χ0) is 44.0. The number of aromatic nitrogens is 1. The Morgan fingerprint density at radius 3 is 2.00 bits per heavy atom. The van der Waals surface area contributed by atoms with Gasteiger partial charge in [0.15, 0.2) is 0 Å². The molecule has 3 aromatic rings. The van der Waals surface area contributed by atoms with Crippen molar-refractivity contribution in [2.45, 2.75) is 72.8 Å². The van der Waals surface area contributed by atoms with Gasteiger partial charge >= 0.3 is 12.1 Å². The number of hydrogen-bond donors (Lipinski definition) is 4. The molecule has 4 rings (SSSR count). The largest absolute Gasteiger partial charge is 0.490 e. The van der Waals surface area contributed by atoms with E-state index < -0.39 is 71.5 Å². The maximum Gasteiger partial charge on any atom is 0.490 e.